The van der Waals surface area contributed by atoms with E-state index < -0.39 is 0 Å². The minimum Gasteiger partial charge on any atom is -0.299 e. The average molecular weight is 205 g/mol. The number of Topliss-reactive ketones (excluding diaryl/α,β-unsaturated/α-hetero) is 1. The number of rotatable bonds is 4. The Labute approximate surface area is 91.7 Å². The fourth-order valence-electron chi connectivity index (χ4n) is 1.26. The summed E-state index contributed by atoms with van der Waals surface area (Å²) in [6.45, 7) is 8.11. The number of nitrogens with zero attached hydrogens (tertiary/aromatic N) is 1. The molecule has 0 unspecified atom stereocenters. The Morgan fingerprint density at radius 2 is 1.93 bits per heavy atom. The van der Waals surface area contributed by atoms with E-state index in [0.717, 1.165) is 5.69 Å². The molecule has 2 nitrogen and oxygen atoms in total. The van der Waals surface area contributed by atoms with Crippen LogP contribution in [0.1, 0.15) is 44.9 Å². The van der Waals surface area contributed by atoms with Gasteiger partial charge in [0.05, 0.1) is 0 Å². The zero-order valence-electron chi connectivity index (χ0n) is 9.95. The maximum Gasteiger partial charge on any atom is 0.141 e. The van der Waals surface area contributed by atoms with E-state index in [9.17, 15) is 4.79 Å². The van der Waals surface area contributed by atoms with E-state index in [4.69, 9.17) is 0 Å². The fourth-order valence-corrected chi connectivity index (χ4v) is 1.26. The van der Waals surface area contributed by atoms with Crippen molar-refractivity contribution in [2.75, 3.05) is 0 Å². The standard InChI is InChI=1S/C13H19NO/c1-9(2)11-5-6-12(14-8-11)7-13(15)10(3)4/h5-6,8-10H,7H2,1-4H3. The van der Waals surface area contributed by atoms with Crippen molar-refractivity contribution < 1.29 is 4.79 Å². The summed E-state index contributed by atoms with van der Waals surface area (Å²) in [6.07, 6.45) is 2.32. The number of carbonyl (C=O) groups is 1. The summed E-state index contributed by atoms with van der Waals surface area (Å²) in [5, 5.41) is 0. The van der Waals surface area contributed by atoms with Crippen LogP contribution in [0.2, 0.25) is 0 Å². The Balaban J connectivity index is 2.69. The lowest BCUT2D eigenvalue weighted by Crippen LogP contribution is -2.11. The first-order chi connectivity index (χ1) is 7.00. The molecule has 0 aromatic carbocycles. The Hall–Kier alpha value is -1.18. The van der Waals surface area contributed by atoms with Gasteiger partial charge in [0.1, 0.15) is 5.78 Å². The van der Waals surface area contributed by atoms with Crippen molar-refractivity contribution >= 4 is 5.78 Å². The SMILES string of the molecule is CC(C)C(=O)Cc1ccc(C(C)C)cn1. The van der Waals surface area contributed by atoms with Crippen molar-refractivity contribution in [3.8, 4) is 0 Å². The van der Waals surface area contributed by atoms with Gasteiger partial charge >= 0.3 is 0 Å². The molecule has 82 valence electrons. The molecule has 2 heteroatoms. The molecule has 0 saturated heterocycles. The van der Waals surface area contributed by atoms with Gasteiger partial charge in [-0.25, -0.2) is 0 Å². The van der Waals surface area contributed by atoms with Crippen LogP contribution in [0, 0.1) is 5.92 Å². The van der Waals surface area contributed by atoms with Crippen LogP contribution < -0.4 is 0 Å². The number of hydrogen-bond acceptors (Lipinski definition) is 2. The molecule has 0 aliphatic heterocycles. The monoisotopic (exact) mass is 205 g/mol. The molecule has 0 aliphatic carbocycles. The lowest BCUT2D eigenvalue weighted by molar-refractivity contribution is -0.121. The summed E-state index contributed by atoms with van der Waals surface area (Å²) < 4.78 is 0. The third-order valence-corrected chi connectivity index (χ3v) is 2.51. The number of carbonyl (C=O) groups excluding carboxylic acids is 1. The highest BCUT2D eigenvalue weighted by atomic mass is 16.1. The minimum atomic E-state index is 0.0941. The molecule has 15 heavy (non-hydrogen) atoms. The lowest BCUT2D eigenvalue weighted by atomic mass is 10.0. The number of pyridine rings is 1. The van der Waals surface area contributed by atoms with Crippen LogP contribution in [0.15, 0.2) is 18.3 Å². The summed E-state index contributed by atoms with van der Waals surface area (Å²) >= 11 is 0. The van der Waals surface area contributed by atoms with Crippen LogP contribution in [0.4, 0.5) is 0 Å². The van der Waals surface area contributed by atoms with Gasteiger partial charge in [-0.15, -0.1) is 0 Å². The first-order valence-electron chi connectivity index (χ1n) is 5.48. The van der Waals surface area contributed by atoms with Crippen molar-refractivity contribution in [2.45, 2.75) is 40.0 Å². The normalized spacial score (nSPS) is 11.1. The molecule has 0 spiro atoms. The Morgan fingerprint density at radius 1 is 1.27 bits per heavy atom. The Kier molecular flexibility index (Phi) is 4.01. The van der Waals surface area contributed by atoms with Crippen LogP contribution >= 0.6 is 0 Å². The van der Waals surface area contributed by atoms with Gasteiger partial charge in [0.25, 0.3) is 0 Å². The van der Waals surface area contributed by atoms with Crippen LogP contribution in [0.3, 0.4) is 0 Å². The Bertz CT molecular complexity index is 325. The molecule has 0 amide bonds. The van der Waals surface area contributed by atoms with Gasteiger partial charge in [-0.3, -0.25) is 9.78 Å². The fraction of sp³-hybridized carbons (Fsp3) is 0.538. The third-order valence-electron chi connectivity index (χ3n) is 2.51. The van der Waals surface area contributed by atoms with Gasteiger partial charge in [-0.2, -0.15) is 0 Å². The van der Waals surface area contributed by atoms with E-state index in [1.165, 1.54) is 5.56 Å². The summed E-state index contributed by atoms with van der Waals surface area (Å²) in [7, 11) is 0. The quantitative estimate of drug-likeness (QED) is 0.756. The summed E-state index contributed by atoms with van der Waals surface area (Å²) in [4.78, 5) is 15.8. The van der Waals surface area contributed by atoms with Gasteiger partial charge in [-0.1, -0.05) is 33.8 Å². The number of aromatic nitrogens is 1. The van der Waals surface area contributed by atoms with E-state index >= 15 is 0 Å². The zero-order chi connectivity index (χ0) is 11.4. The Morgan fingerprint density at radius 3 is 2.33 bits per heavy atom. The number of ketones is 1. The van der Waals surface area contributed by atoms with Crippen LogP contribution in [-0.4, -0.2) is 10.8 Å². The van der Waals surface area contributed by atoms with Crippen molar-refractivity contribution in [1.82, 2.24) is 4.98 Å². The smallest absolute Gasteiger partial charge is 0.141 e. The van der Waals surface area contributed by atoms with Gasteiger partial charge in [-0.05, 0) is 17.5 Å². The highest BCUT2D eigenvalue weighted by molar-refractivity contribution is 5.82. The van der Waals surface area contributed by atoms with E-state index in [0.29, 0.717) is 12.3 Å². The molecule has 1 aromatic rings. The highest BCUT2D eigenvalue weighted by Crippen LogP contribution is 2.13. The number of hydrogen-bond donors (Lipinski definition) is 0. The van der Waals surface area contributed by atoms with Gasteiger partial charge in [0.15, 0.2) is 0 Å². The van der Waals surface area contributed by atoms with Crippen LogP contribution in [-0.2, 0) is 11.2 Å². The molecule has 1 heterocycles. The maximum atomic E-state index is 11.5. The largest absolute Gasteiger partial charge is 0.299 e. The molecular formula is C13H19NO. The van der Waals surface area contributed by atoms with E-state index in [2.05, 4.69) is 24.9 Å². The van der Waals surface area contributed by atoms with Gasteiger partial charge in [0, 0.05) is 24.2 Å². The molecule has 1 rings (SSSR count). The molecule has 0 bridgehead atoms. The second kappa shape index (κ2) is 5.06. The second-order valence-corrected chi connectivity index (χ2v) is 4.54. The molecule has 0 fully saturated rings. The maximum absolute atomic E-state index is 11.5. The highest BCUT2D eigenvalue weighted by Gasteiger charge is 2.09. The van der Waals surface area contributed by atoms with Crippen molar-refractivity contribution in [3.63, 3.8) is 0 Å². The molecule has 0 aliphatic rings. The molecule has 0 N–H and O–H groups in total. The third kappa shape index (κ3) is 3.46. The van der Waals surface area contributed by atoms with Crippen molar-refractivity contribution in [3.05, 3.63) is 29.6 Å². The van der Waals surface area contributed by atoms with Gasteiger partial charge in [0.2, 0.25) is 0 Å². The van der Waals surface area contributed by atoms with E-state index in [1.54, 1.807) is 0 Å². The first-order valence-corrected chi connectivity index (χ1v) is 5.48. The van der Waals surface area contributed by atoms with Crippen molar-refractivity contribution in [2.24, 2.45) is 5.92 Å². The molecule has 0 saturated carbocycles. The predicted molar refractivity (Wildman–Crippen MR) is 61.9 cm³/mol. The van der Waals surface area contributed by atoms with E-state index in [1.807, 2.05) is 26.1 Å². The first kappa shape index (κ1) is 11.9. The average Bonchev–Trinajstić information content (AvgIpc) is 2.18. The minimum absolute atomic E-state index is 0.0941. The zero-order valence-corrected chi connectivity index (χ0v) is 9.95. The lowest BCUT2D eigenvalue weighted by Gasteiger charge is -2.06. The summed E-state index contributed by atoms with van der Waals surface area (Å²) in [6, 6.07) is 4.01. The predicted octanol–water partition coefficient (Wildman–Crippen LogP) is 2.97. The van der Waals surface area contributed by atoms with E-state index in [-0.39, 0.29) is 11.7 Å². The summed E-state index contributed by atoms with van der Waals surface area (Å²) in [5.74, 6) is 0.837. The summed E-state index contributed by atoms with van der Waals surface area (Å²) in [5.41, 5.74) is 2.09. The molecule has 1 aromatic heterocycles. The second-order valence-electron chi connectivity index (χ2n) is 4.54. The van der Waals surface area contributed by atoms with Crippen LogP contribution in [0.25, 0.3) is 0 Å². The topological polar surface area (TPSA) is 30.0 Å². The van der Waals surface area contributed by atoms with Crippen molar-refractivity contribution in [1.29, 1.82) is 0 Å². The van der Waals surface area contributed by atoms with Crippen LogP contribution in [0.5, 0.6) is 0 Å². The molecule has 0 atom stereocenters. The molecular weight excluding hydrogens is 186 g/mol. The van der Waals surface area contributed by atoms with Gasteiger partial charge < -0.3 is 0 Å². The molecule has 0 radical (unpaired) electrons.